The van der Waals surface area contributed by atoms with Crippen LogP contribution in [0.1, 0.15) is 130 Å². The van der Waals surface area contributed by atoms with E-state index >= 15 is 0 Å². The van der Waals surface area contributed by atoms with Gasteiger partial charge < -0.3 is 50.2 Å². The standard InChI is InChI=1S/C29H35ClFN5O.C26H28Cl2N4O.C26H28ClFN4O/c1-34-14-16-35(17-15-34)12-2-3-13-36(28(37)33-23-8-9-26(31)25(30)18-23)27-10-11-29(19-24(27)29)22-6-4-21(20-32)5-7-22;27-20-13-21(28)15-22(14-20)30-25(33)32(11-10-31-8-1-2-9-31)24-6-7-26(16-23(24)26)19-5-3-4-18(12-19)17-29;27-22-15-20(6-7-23(22)28)30-25(33)32(13-12-31-10-1-2-11-31)24-8-9-26(16-21(24)26)19-5-3-4-18(14-19)17-29/h4-9,18,24,27H,2-3,10-17,19H2,1H3,(H,33,37);3-5,12-15,23-24H,1-2,6-11,16H2,(H,30,33);3-7,14-15,21,24H,1-2,8-13,16H2,(H,30,33)/t24?,27-,29-;;/m1../s1. The summed E-state index contributed by atoms with van der Waals surface area (Å²) in [5.74, 6) is 0.243. The van der Waals surface area contributed by atoms with E-state index in [2.05, 4.69) is 85.1 Å². The molecular formula is C81H91Cl4F2N13O3. The molecule has 6 aliphatic carbocycles. The molecule has 103 heavy (non-hydrogen) atoms. The summed E-state index contributed by atoms with van der Waals surface area (Å²) < 4.78 is 27.2. The molecule has 0 aromatic heterocycles. The van der Waals surface area contributed by atoms with Crippen LogP contribution in [0.25, 0.3) is 0 Å². The van der Waals surface area contributed by atoms with Gasteiger partial charge in [-0.2, -0.15) is 15.8 Å². The SMILES string of the molecule is CN1CCN(CCCCN(C(=O)Nc2ccc(F)c(Cl)c2)[C@@H]2CC[C@]3(c4ccc(C#N)cc4)CC23)CC1.N#Cc1cccc(C23CCC(N(CCN4CCCC4)C(=O)Nc4cc(Cl)cc(Cl)c4)C2C3)c1.N#Cc1cccc(C23CCC(N(CCN4CCCC4)C(=O)Nc4ccc(F)c(Cl)c4)C2C3)c1. The monoisotopic (exact) mass is 1470 g/mol. The predicted octanol–water partition coefficient (Wildman–Crippen LogP) is 16.6. The van der Waals surface area contributed by atoms with Gasteiger partial charge in [-0.15, -0.1) is 0 Å². The zero-order valence-electron chi connectivity index (χ0n) is 58.6. The Labute approximate surface area is 624 Å². The highest BCUT2D eigenvalue weighted by molar-refractivity contribution is 6.35. The van der Waals surface area contributed by atoms with Crippen LogP contribution in [0, 0.1) is 63.4 Å². The zero-order chi connectivity index (χ0) is 72.0. The summed E-state index contributed by atoms with van der Waals surface area (Å²) in [6.07, 6.45) is 16.1. The molecule has 22 heteroatoms. The number of urea groups is 3. The number of nitriles is 3. The molecule has 6 saturated carbocycles. The van der Waals surface area contributed by atoms with E-state index in [0.29, 0.717) is 81.2 Å². The van der Waals surface area contributed by atoms with E-state index in [0.717, 1.165) is 143 Å². The number of carbonyl (C=O) groups excluding carboxylic acids is 3. The summed E-state index contributed by atoms with van der Waals surface area (Å²) in [6, 6.07) is 44.4. The molecule has 6 amide bonds. The number of carbonyl (C=O) groups is 3. The first kappa shape index (κ1) is 73.8. The van der Waals surface area contributed by atoms with Gasteiger partial charge in [0.15, 0.2) is 0 Å². The van der Waals surface area contributed by atoms with Crippen molar-refractivity contribution in [3.05, 3.63) is 192 Å². The van der Waals surface area contributed by atoms with E-state index in [-0.39, 0.29) is 62.5 Å². The first-order valence-corrected chi connectivity index (χ1v) is 38.4. The van der Waals surface area contributed by atoms with E-state index in [1.807, 2.05) is 63.2 Å². The van der Waals surface area contributed by atoms with Gasteiger partial charge in [0.2, 0.25) is 0 Å². The first-order valence-electron chi connectivity index (χ1n) is 36.8. The van der Waals surface area contributed by atoms with Crippen molar-refractivity contribution in [1.29, 1.82) is 15.8 Å². The fraction of sp³-hybridized carbons (Fsp3) is 0.481. The fourth-order valence-electron chi connectivity index (χ4n) is 18.2. The van der Waals surface area contributed by atoms with Crippen LogP contribution in [0.3, 0.4) is 0 Å². The second-order valence-corrected chi connectivity index (χ2v) is 31.7. The Bertz CT molecular complexity index is 4170. The number of nitrogens with one attached hydrogen (secondary N) is 3. The molecule has 3 N–H and O–H groups in total. The van der Waals surface area contributed by atoms with Gasteiger partial charge in [0, 0.05) is 120 Å². The molecular weight excluding hydrogens is 1380 g/mol. The molecule has 3 aliphatic heterocycles. The third-order valence-corrected chi connectivity index (χ3v) is 25.1. The lowest BCUT2D eigenvalue weighted by atomic mass is 9.92. The minimum Gasteiger partial charge on any atom is -0.321 e. The number of anilines is 3. The first-order chi connectivity index (χ1) is 49.9. The maximum absolute atomic E-state index is 13.6. The molecule has 6 aromatic rings. The van der Waals surface area contributed by atoms with Crippen LogP contribution in [0.2, 0.25) is 20.1 Å². The van der Waals surface area contributed by atoms with Crippen LogP contribution in [0.5, 0.6) is 0 Å². The number of hydrogen-bond acceptors (Lipinski definition) is 10. The maximum Gasteiger partial charge on any atom is 0.322 e. The summed E-state index contributed by atoms with van der Waals surface area (Å²) in [7, 11) is 2.17. The van der Waals surface area contributed by atoms with Crippen LogP contribution in [0.4, 0.5) is 40.2 Å². The quantitative estimate of drug-likeness (QED) is 0.0622. The fourth-order valence-corrected chi connectivity index (χ4v) is 19.1. The molecule has 6 aromatic carbocycles. The van der Waals surface area contributed by atoms with E-state index in [4.69, 9.17) is 51.7 Å². The van der Waals surface area contributed by atoms with Gasteiger partial charge in [-0.3, -0.25) is 0 Å². The topological polar surface area (TPSA) is 181 Å². The molecule has 9 fully saturated rings. The highest BCUT2D eigenvalue weighted by Crippen LogP contribution is 2.68. The summed E-state index contributed by atoms with van der Waals surface area (Å²) in [5, 5.41) is 37.8. The number of nitrogens with zero attached hydrogens (tertiary/aromatic N) is 10. The Morgan fingerprint density at radius 1 is 0.456 bits per heavy atom. The van der Waals surface area contributed by atoms with Gasteiger partial charge in [-0.25, -0.2) is 23.2 Å². The van der Waals surface area contributed by atoms with Crippen molar-refractivity contribution in [2.45, 2.75) is 131 Å². The number of fused-ring (bicyclic) bond motifs is 3. The molecule has 16 nitrogen and oxygen atoms in total. The highest BCUT2D eigenvalue weighted by Gasteiger charge is 2.66. The molecule has 15 rings (SSSR count). The Balaban J connectivity index is 0.000000138. The maximum atomic E-state index is 13.6. The molecule has 9 atom stereocenters. The number of benzene rings is 6. The van der Waals surface area contributed by atoms with Crippen LogP contribution in [0.15, 0.2) is 127 Å². The number of piperazine rings is 1. The Kier molecular flexibility index (Phi) is 23.2. The van der Waals surface area contributed by atoms with Gasteiger partial charge in [0.25, 0.3) is 0 Å². The summed E-state index contributed by atoms with van der Waals surface area (Å²) >= 11 is 24.2. The van der Waals surface area contributed by atoms with Crippen LogP contribution in [-0.2, 0) is 16.2 Å². The van der Waals surface area contributed by atoms with Gasteiger partial charge in [-0.05, 0) is 262 Å². The van der Waals surface area contributed by atoms with Crippen molar-refractivity contribution < 1.29 is 23.2 Å². The van der Waals surface area contributed by atoms with E-state index in [9.17, 15) is 33.7 Å². The normalized spacial score (nSPS) is 25.7. The van der Waals surface area contributed by atoms with Crippen molar-refractivity contribution >= 4 is 81.6 Å². The molecule has 540 valence electrons. The molecule has 3 saturated heterocycles. The Morgan fingerprint density at radius 2 is 0.864 bits per heavy atom. The summed E-state index contributed by atoms with van der Waals surface area (Å²) in [5.41, 5.74) is 7.71. The number of likely N-dealkylation sites (tertiary alicyclic amines) is 2. The molecule has 0 radical (unpaired) electrons. The molecule has 7 unspecified atom stereocenters. The van der Waals surface area contributed by atoms with Crippen LogP contribution in [-0.4, -0.2) is 169 Å². The average molecular weight is 1470 g/mol. The van der Waals surface area contributed by atoms with Gasteiger partial charge in [0.1, 0.15) is 11.6 Å². The number of amides is 6. The largest absolute Gasteiger partial charge is 0.322 e. The second kappa shape index (κ2) is 32.4. The number of unbranched alkanes of at least 4 members (excludes halogenated alkanes) is 1. The lowest BCUT2D eigenvalue weighted by molar-refractivity contribution is 0.147. The lowest BCUT2D eigenvalue weighted by Crippen LogP contribution is -2.46. The van der Waals surface area contributed by atoms with Crippen molar-refractivity contribution in [3.8, 4) is 18.2 Å². The Morgan fingerprint density at radius 3 is 1.28 bits per heavy atom. The van der Waals surface area contributed by atoms with Crippen LogP contribution < -0.4 is 16.0 Å². The molecule has 0 spiro atoms. The number of rotatable bonds is 20. The number of halogens is 6. The lowest BCUT2D eigenvalue weighted by Gasteiger charge is -2.33. The van der Waals surface area contributed by atoms with E-state index < -0.39 is 11.6 Å². The van der Waals surface area contributed by atoms with E-state index in [1.165, 1.54) is 66.6 Å². The molecule has 9 aliphatic rings. The third-order valence-electron chi connectivity index (χ3n) is 24.0. The van der Waals surface area contributed by atoms with E-state index in [1.54, 1.807) is 30.3 Å². The van der Waals surface area contributed by atoms with Gasteiger partial charge in [-0.1, -0.05) is 82.8 Å². The van der Waals surface area contributed by atoms with Crippen molar-refractivity contribution in [2.75, 3.05) is 115 Å². The predicted molar refractivity (Wildman–Crippen MR) is 403 cm³/mol. The summed E-state index contributed by atoms with van der Waals surface area (Å²) in [4.78, 5) is 56.3. The number of likely N-dealkylation sites (N-methyl/N-ethyl adjacent to an activating group) is 1. The smallest absolute Gasteiger partial charge is 0.321 e. The number of hydrogen-bond donors (Lipinski definition) is 3. The zero-order valence-corrected chi connectivity index (χ0v) is 61.6. The van der Waals surface area contributed by atoms with Crippen molar-refractivity contribution in [1.82, 2.24) is 34.3 Å². The minimum absolute atomic E-state index is 0.000538. The highest BCUT2D eigenvalue weighted by atomic mass is 35.5. The second-order valence-electron chi connectivity index (χ2n) is 30.0. The summed E-state index contributed by atoms with van der Waals surface area (Å²) in [6.45, 7) is 13.7. The molecule has 0 bridgehead atoms. The van der Waals surface area contributed by atoms with Crippen LogP contribution >= 0.6 is 46.4 Å². The van der Waals surface area contributed by atoms with Gasteiger partial charge in [0.05, 0.1) is 44.9 Å². The third kappa shape index (κ3) is 16.9. The molecule has 3 heterocycles. The Hall–Kier alpha value is -7.54. The van der Waals surface area contributed by atoms with Crippen molar-refractivity contribution in [3.63, 3.8) is 0 Å². The average Bonchev–Trinajstić information content (AvgIpc) is 1.55. The minimum atomic E-state index is -0.501. The van der Waals surface area contributed by atoms with Crippen molar-refractivity contribution in [2.24, 2.45) is 17.8 Å². The van der Waals surface area contributed by atoms with Gasteiger partial charge >= 0.3 is 18.1 Å².